The second-order valence-electron chi connectivity index (χ2n) is 9.82. The molecule has 1 amide bonds. The molecule has 170 valence electrons. The molecule has 0 unspecified atom stereocenters. The van der Waals surface area contributed by atoms with E-state index in [9.17, 15) is 14.7 Å². The minimum Gasteiger partial charge on any atom is -0.481 e. The molecule has 4 aliphatic rings. The van der Waals surface area contributed by atoms with E-state index in [1.54, 1.807) is 4.90 Å². The molecule has 3 saturated carbocycles. The molecule has 3 aliphatic carbocycles. The van der Waals surface area contributed by atoms with Gasteiger partial charge in [-0.3, -0.25) is 4.79 Å². The number of aliphatic carboxylic acids is 1. The molecule has 3 fully saturated rings. The van der Waals surface area contributed by atoms with E-state index in [4.69, 9.17) is 9.72 Å². The Labute approximate surface area is 192 Å². The zero-order valence-corrected chi connectivity index (χ0v) is 18.7. The number of hydrogen-bond acceptors (Lipinski definition) is 4. The maximum atomic E-state index is 12.3. The van der Waals surface area contributed by atoms with E-state index < -0.39 is 11.9 Å². The van der Waals surface area contributed by atoms with Crippen LogP contribution in [0.5, 0.6) is 0 Å². The summed E-state index contributed by atoms with van der Waals surface area (Å²) in [6, 6.07) is 13.7. The number of methoxy groups -OCH3 is 1. The van der Waals surface area contributed by atoms with Crippen LogP contribution >= 0.6 is 0 Å². The van der Waals surface area contributed by atoms with Crippen molar-refractivity contribution < 1.29 is 19.4 Å². The van der Waals surface area contributed by atoms with E-state index >= 15 is 0 Å². The number of carbonyl (C=O) groups is 2. The van der Waals surface area contributed by atoms with Gasteiger partial charge in [0.25, 0.3) is 0 Å². The molecule has 2 heterocycles. The van der Waals surface area contributed by atoms with Gasteiger partial charge >= 0.3 is 12.1 Å². The van der Waals surface area contributed by atoms with Gasteiger partial charge in [-0.1, -0.05) is 36.4 Å². The molecule has 33 heavy (non-hydrogen) atoms. The smallest absolute Gasteiger partial charge is 0.409 e. The maximum absolute atomic E-state index is 12.3. The van der Waals surface area contributed by atoms with Crippen molar-refractivity contribution in [3.8, 4) is 0 Å². The van der Waals surface area contributed by atoms with Crippen LogP contribution in [-0.4, -0.2) is 45.3 Å². The molecule has 0 saturated heterocycles. The summed E-state index contributed by atoms with van der Waals surface area (Å²) >= 11 is 0. The number of benzene rings is 2. The first-order valence-electron chi connectivity index (χ1n) is 11.6. The van der Waals surface area contributed by atoms with Gasteiger partial charge in [0.05, 0.1) is 30.6 Å². The van der Waals surface area contributed by atoms with Crippen LogP contribution in [0.15, 0.2) is 42.5 Å². The van der Waals surface area contributed by atoms with Gasteiger partial charge in [0.2, 0.25) is 0 Å². The fourth-order valence-electron chi connectivity index (χ4n) is 6.05. The highest BCUT2D eigenvalue weighted by Gasteiger charge is 2.60. The third-order valence-corrected chi connectivity index (χ3v) is 7.93. The number of rotatable bonds is 5. The molecule has 1 N–H and O–H groups in total. The first-order chi connectivity index (χ1) is 16.0. The van der Waals surface area contributed by atoms with Crippen molar-refractivity contribution >= 4 is 23.1 Å². The monoisotopic (exact) mass is 445 g/mol. The van der Waals surface area contributed by atoms with Crippen molar-refractivity contribution in [1.29, 1.82) is 0 Å². The molecule has 1 aliphatic heterocycles. The molecule has 1 atom stereocenters. The lowest BCUT2D eigenvalue weighted by molar-refractivity contribution is -0.139. The Balaban J connectivity index is 1.47. The minimum absolute atomic E-state index is 0.0764. The number of aromatic nitrogens is 2. The third-order valence-electron chi connectivity index (χ3n) is 7.93. The van der Waals surface area contributed by atoms with Crippen molar-refractivity contribution in [3.05, 3.63) is 65.0 Å². The number of carbonyl (C=O) groups excluding carboxylic acids is 1. The Morgan fingerprint density at radius 3 is 2.58 bits per heavy atom. The number of carboxylic acid groups (broad SMARTS) is 1. The number of fused-ring (bicyclic) bond motifs is 3. The third kappa shape index (κ3) is 3.05. The van der Waals surface area contributed by atoms with Crippen LogP contribution in [-0.2, 0) is 34.5 Å². The van der Waals surface area contributed by atoms with Crippen LogP contribution < -0.4 is 0 Å². The molecule has 0 radical (unpaired) electrons. The molecule has 2 bridgehead atoms. The first-order valence-corrected chi connectivity index (χ1v) is 11.6. The maximum Gasteiger partial charge on any atom is 0.409 e. The number of imidazole rings is 1. The van der Waals surface area contributed by atoms with E-state index in [1.165, 1.54) is 12.7 Å². The predicted molar refractivity (Wildman–Crippen MR) is 122 cm³/mol. The fourth-order valence-corrected chi connectivity index (χ4v) is 6.05. The van der Waals surface area contributed by atoms with Gasteiger partial charge in [-0.2, -0.15) is 0 Å². The van der Waals surface area contributed by atoms with Crippen LogP contribution in [0.1, 0.15) is 47.7 Å². The topological polar surface area (TPSA) is 84.7 Å². The highest BCUT2D eigenvalue weighted by atomic mass is 16.5. The Morgan fingerprint density at radius 2 is 1.94 bits per heavy atom. The van der Waals surface area contributed by atoms with Gasteiger partial charge in [0.15, 0.2) is 0 Å². The van der Waals surface area contributed by atoms with Crippen molar-refractivity contribution in [2.24, 2.45) is 5.92 Å². The van der Waals surface area contributed by atoms with Crippen LogP contribution in [0.3, 0.4) is 0 Å². The summed E-state index contributed by atoms with van der Waals surface area (Å²) in [4.78, 5) is 31.4. The van der Waals surface area contributed by atoms with Gasteiger partial charge in [-0.05, 0) is 48.8 Å². The summed E-state index contributed by atoms with van der Waals surface area (Å²) in [5.41, 5.74) is 5.00. The Bertz CT molecular complexity index is 1250. The highest BCUT2D eigenvalue weighted by Crippen LogP contribution is 2.65. The van der Waals surface area contributed by atoms with Crippen LogP contribution in [0.4, 0.5) is 4.79 Å². The number of amides is 1. The quantitative estimate of drug-likeness (QED) is 0.640. The summed E-state index contributed by atoms with van der Waals surface area (Å²) in [6.45, 7) is 1.43. The lowest BCUT2D eigenvalue weighted by atomic mass is 9.44. The average Bonchev–Trinajstić information content (AvgIpc) is 3.13. The standard InChI is InChI=1S/C26H27N3O4/c1-33-25(32)28-10-9-18-7-8-21-22(19(18)14-28)27-24(26-11-16(12-26)13-26)29(21)15-20(23(30)31)17-5-3-2-4-6-17/h2-8,16,20H,9-15H2,1H3,(H,30,31)/t16?,20-,26?/m1/s1. The molecule has 7 rings (SSSR count). The zero-order valence-electron chi connectivity index (χ0n) is 18.7. The number of carboxylic acids is 1. The van der Waals surface area contributed by atoms with Gasteiger partial charge < -0.3 is 19.3 Å². The number of hydrogen-bond donors (Lipinski definition) is 1. The van der Waals surface area contributed by atoms with E-state index in [-0.39, 0.29) is 11.5 Å². The molecule has 2 aromatic carbocycles. The Morgan fingerprint density at radius 1 is 1.18 bits per heavy atom. The van der Waals surface area contributed by atoms with Gasteiger partial charge in [-0.25, -0.2) is 9.78 Å². The summed E-state index contributed by atoms with van der Waals surface area (Å²) in [7, 11) is 1.41. The molecular weight excluding hydrogens is 418 g/mol. The highest BCUT2D eigenvalue weighted by molar-refractivity contribution is 5.83. The van der Waals surface area contributed by atoms with E-state index in [0.717, 1.165) is 59.6 Å². The van der Waals surface area contributed by atoms with Crippen molar-refractivity contribution in [1.82, 2.24) is 14.5 Å². The first kappa shape index (κ1) is 20.3. The van der Waals surface area contributed by atoms with Crippen molar-refractivity contribution in [2.45, 2.75) is 50.1 Å². The Hall–Kier alpha value is -3.35. The van der Waals surface area contributed by atoms with Crippen LogP contribution in [0.25, 0.3) is 11.0 Å². The molecule has 1 aromatic heterocycles. The molecule has 7 nitrogen and oxygen atoms in total. The lowest BCUT2D eigenvalue weighted by Crippen LogP contribution is -2.56. The normalized spacial score (nSPS) is 23.9. The SMILES string of the molecule is COC(=O)N1CCc2ccc3c(nc(C45CC(C4)C5)n3C[C@@H](C(=O)O)c3ccccc3)c2C1. The summed E-state index contributed by atoms with van der Waals surface area (Å²) < 4.78 is 7.12. The number of nitrogens with zero attached hydrogens (tertiary/aromatic N) is 3. The van der Waals surface area contributed by atoms with Crippen molar-refractivity contribution in [2.75, 3.05) is 13.7 Å². The molecular formula is C26H27N3O4. The largest absolute Gasteiger partial charge is 0.481 e. The predicted octanol–water partition coefficient (Wildman–Crippen LogP) is 4.08. The zero-order chi connectivity index (χ0) is 22.7. The number of ether oxygens (including phenoxy) is 1. The average molecular weight is 446 g/mol. The van der Waals surface area contributed by atoms with Gasteiger partial charge in [0, 0.05) is 24.1 Å². The van der Waals surface area contributed by atoms with E-state index in [2.05, 4.69) is 16.7 Å². The molecule has 0 spiro atoms. The van der Waals surface area contributed by atoms with E-state index in [0.29, 0.717) is 19.6 Å². The second kappa shape index (κ2) is 7.33. The molecule has 7 heteroatoms. The molecule has 3 aromatic rings. The Kier molecular flexibility index (Phi) is 4.50. The van der Waals surface area contributed by atoms with Crippen LogP contribution in [0.2, 0.25) is 0 Å². The van der Waals surface area contributed by atoms with Crippen LogP contribution in [0, 0.1) is 5.92 Å². The fraction of sp³-hybridized carbons (Fsp3) is 0.423. The van der Waals surface area contributed by atoms with E-state index in [1.807, 2.05) is 30.3 Å². The summed E-state index contributed by atoms with van der Waals surface area (Å²) in [5.74, 6) is 0.316. The minimum atomic E-state index is -0.832. The van der Waals surface area contributed by atoms with Crippen molar-refractivity contribution in [3.63, 3.8) is 0 Å². The van der Waals surface area contributed by atoms with Gasteiger partial charge in [-0.15, -0.1) is 0 Å². The summed E-state index contributed by atoms with van der Waals surface area (Å²) in [5, 5.41) is 10.1. The lowest BCUT2D eigenvalue weighted by Gasteiger charge is -2.61. The second-order valence-corrected chi connectivity index (χ2v) is 9.82. The summed E-state index contributed by atoms with van der Waals surface area (Å²) in [6.07, 6.45) is 3.84. The van der Waals surface area contributed by atoms with Gasteiger partial charge in [0.1, 0.15) is 5.82 Å².